The van der Waals surface area contributed by atoms with Crippen LogP contribution < -0.4 is 0 Å². The van der Waals surface area contributed by atoms with Gasteiger partial charge in [0.05, 0.1) is 12.7 Å². The van der Waals surface area contributed by atoms with Crippen molar-refractivity contribution in [3.05, 3.63) is 69.3 Å². The van der Waals surface area contributed by atoms with Crippen LogP contribution in [0.3, 0.4) is 0 Å². The second-order valence-corrected chi connectivity index (χ2v) is 9.93. The number of alkyl halides is 3. The van der Waals surface area contributed by atoms with E-state index in [0.717, 1.165) is 15.6 Å². The quantitative estimate of drug-likeness (QED) is 0.347. The molecule has 1 atom stereocenters. The van der Waals surface area contributed by atoms with E-state index in [4.69, 9.17) is 4.74 Å². The van der Waals surface area contributed by atoms with Crippen molar-refractivity contribution in [1.82, 2.24) is 4.98 Å². The number of ether oxygens (including phenoxy) is 1. The Labute approximate surface area is 199 Å². The van der Waals surface area contributed by atoms with Gasteiger partial charge in [0.1, 0.15) is 0 Å². The fourth-order valence-electron chi connectivity index (χ4n) is 4.42. The van der Waals surface area contributed by atoms with Crippen LogP contribution in [0.5, 0.6) is 0 Å². The number of halogens is 4. The summed E-state index contributed by atoms with van der Waals surface area (Å²) in [6.07, 6.45) is -5.34. The van der Waals surface area contributed by atoms with Gasteiger partial charge in [0.15, 0.2) is 5.60 Å². The molecule has 3 rings (SSSR count). The number of hydrogen-bond donors (Lipinski definition) is 2. The molecule has 178 valence electrons. The Bertz CT molecular complexity index is 1170. The van der Waals surface area contributed by atoms with Gasteiger partial charge >= 0.3 is 12.1 Å². The Kier molecular flexibility index (Phi) is 7.01. The van der Waals surface area contributed by atoms with Gasteiger partial charge in [-0.15, -0.1) is 0 Å². The highest BCUT2D eigenvalue weighted by Crippen LogP contribution is 2.44. The van der Waals surface area contributed by atoms with E-state index < -0.39 is 36.0 Å². The number of esters is 1. The lowest BCUT2D eigenvalue weighted by Gasteiger charge is -2.38. The van der Waals surface area contributed by atoms with E-state index in [1.807, 2.05) is 25.1 Å². The molecule has 0 aliphatic heterocycles. The van der Waals surface area contributed by atoms with Crippen LogP contribution in [0.15, 0.2) is 46.9 Å². The molecule has 3 aromatic rings. The summed E-state index contributed by atoms with van der Waals surface area (Å²) in [6, 6.07) is 11.8. The third kappa shape index (κ3) is 5.27. The number of nitrogens with one attached hydrogen (secondary N) is 1. The maximum absolute atomic E-state index is 14.2. The molecule has 0 bridgehead atoms. The average Bonchev–Trinajstić information content (AvgIpc) is 3.12. The van der Waals surface area contributed by atoms with Gasteiger partial charge in [-0.1, -0.05) is 42.8 Å². The predicted octanol–water partition coefficient (Wildman–Crippen LogP) is 6.48. The second kappa shape index (κ2) is 9.14. The standard InChI is InChI=1S/C25H27BrF3NO3/c1-5-15-6-8-18(26)12-20(15)23(2,3)14-24(32,25(27,28)29)13-19-11-17-10-16(22(31)33-4)7-9-21(17)30-19/h6-12,30,32H,5,13-14H2,1-4H3. The minimum absolute atomic E-state index is 0.229. The number of rotatable bonds is 7. The van der Waals surface area contributed by atoms with Crippen molar-refractivity contribution in [3.8, 4) is 0 Å². The minimum Gasteiger partial charge on any atom is -0.465 e. The molecule has 1 aromatic heterocycles. The third-order valence-electron chi connectivity index (χ3n) is 6.02. The van der Waals surface area contributed by atoms with Gasteiger partial charge in [-0.05, 0) is 65.8 Å². The molecule has 33 heavy (non-hydrogen) atoms. The molecule has 0 saturated carbocycles. The predicted molar refractivity (Wildman–Crippen MR) is 126 cm³/mol. The van der Waals surface area contributed by atoms with E-state index >= 15 is 0 Å². The molecule has 0 amide bonds. The number of H-pyrrole nitrogens is 1. The SMILES string of the molecule is CCc1ccc(Br)cc1C(C)(C)CC(O)(Cc1cc2cc(C(=O)OC)ccc2[nH]1)C(F)(F)F. The van der Waals surface area contributed by atoms with Gasteiger partial charge in [0.2, 0.25) is 0 Å². The number of hydrogen-bond acceptors (Lipinski definition) is 3. The van der Waals surface area contributed by atoms with Crippen LogP contribution in [-0.4, -0.2) is 34.9 Å². The summed E-state index contributed by atoms with van der Waals surface area (Å²) in [6.45, 7) is 5.39. The van der Waals surface area contributed by atoms with Gasteiger partial charge in [-0.2, -0.15) is 13.2 Å². The molecule has 1 heterocycles. The van der Waals surface area contributed by atoms with E-state index in [9.17, 15) is 23.1 Å². The Morgan fingerprint density at radius 2 is 1.82 bits per heavy atom. The Balaban J connectivity index is 1.98. The van der Waals surface area contributed by atoms with Crippen molar-refractivity contribution in [1.29, 1.82) is 0 Å². The largest absolute Gasteiger partial charge is 0.465 e. The number of carbonyl (C=O) groups is 1. The van der Waals surface area contributed by atoms with Gasteiger partial charge in [0, 0.05) is 27.5 Å². The van der Waals surface area contributed by atoms with Gasteiger partial charge in [-0.25, -0.2) is 4.79 Å². The normalized spacial score (nSPS) is 14.3. The molecule has 1 unspecified atom stereocenters. The van der Waals surface area contributed by atoms with Crippen molar-refractivity contribution in [3.63, 3.8) is 0 Å². The van der Waals surface area contributed by atoms with Crippen molar-refractivity contribution in [2.45, 2.75) is 57.2 Å². The third-order valence-corrected chi connectivity index (χ3v) is 6.52. The van der Waals surface area contributed by atoms with Crippen molar-refractivity contribution >= 4 is 32.8 Å². The van der Waals surface area contributed by atoms with Crippen LogP contribution in [0, 0.1) is 0 Å². The van der Waals surface area contributed by atoms with E-state index in [2.05, 4.69) is 20.9 Å². The first kappa shape index (κ1) is 25.3. The Morgan fingerprint density at radius 1 is 1.12 bits per heavy atom. The zero-order valence-electron chi connectivity index (χ0n) is 18.9. The highest BCUT2D eigenvalue weighted by atomic mass is 79.9. The highest BCUT2D eigenvalue weighted by molar-refractivity contribution is 9.10. The fraction of sp³-hybridized carbons (Fsp3) is 0.400. The van der Waals surface area contributed by atoms with Crippen molar-refractivity contribution in [2.24, 2.45) is 0 Å². The lowest BCUT2D eigenvalue weighted by atomic mass is 9.72. The molecule has 0 fully saturated rings. The van der Waals surface area contributed by atoms with E-state index in [0.29, 0.717) is 22.9 Å². The average molecular weight is 526 g/mol. The summed E-state index contributed by atoms with van der Waals surface area (Å²) < 4.78 is 48.2. The number of aromatic nitrogens is 1. The lowest BCUT2D eigenvalue weighted by Crippen LogP contribution is -2.51. The van der Waals surface area contributed by atoms with Crippen molar-refractivity contribution in [2.75, 3.05) is 7.11 Å². The second-order valence-electron chi connectivity index (χ2n) is 9.01. The molecule has 0 saturated heterocycles. The number of fused-ring (bicyclic) bond motifs is 1. The molecule has 0 aliphatic rings. The van der Waals surface area contributed by atoms with Gasteiger partial charge in [-0.3, -0.25) is 0 Å². The van der Waals surface area contributed by atoms with Crippen molar-refractivity contribution < 1.29 is 27.8 Å². The lowest BCUT2D eigenvalue weighted by molar-refractivity contribution is -0.266. The van der Waals surface area contributed by atoms with Gasteiger partial charge < -0.3 is 14.8 Å². The minimum atomic E-state index is -4.85. The van der Waals surface area contributed by atoms with Crippen LogP contribution in [-0.2, 0) is 23.0 Å². The maximum Gasteiger partial charge on any atom is 0.417 e. The van der Waals surface area contributed by atoms with Crippen LogP contribution in [0.4, 0.5) is 13.2 Å². The molecule has 8 heteroatoms. The molecular formula is C25H27BrF3NO3. The Morgan fingerprint density at radius 3 is 2.42 bits per heavy atom. The summed E-state index contributed by atoms with van der Waals surface area (Å²) in [7, 11) is 1.26. The van der Waals surface area contributed by atoms with Gasteiger partial charge in [0.25, 0.3) is 0 Å². The fourth-order valence-corrected chi connectivity index (χ4v) is 4.79. The number of aryl methyl sites for hydroxylation is 1. The molecule has 0 aliphatic carbocycles. The summed E-state index contributed by atoms with van der Waals surface area (Å²) in [5.41, 5.74) is -1.12. The molecule has 2 N–H and O–H groups in total. The summed E-state index contributed by atoms with van der Waals surface area (Å²) in [5, 5.41) is 11.6. The number of aliphatic hydroxyl groups is 1. The van der Waals surface area contributed by atoms with Crippen LogP contribution in [0.2, 0.25) is 0 Å². The number of benzene rings is 2. The summed E-state index contributed by atoms with van der Waals surface area (Å²) >= 11 is 3.41. The van der Waals surface area contributed by atoms with Crippen LogP contribution in [0.1, 0.15) is 54.4 Å². The monoisotopic (exact) mass is 525 g/mol. The zero-order chi connectivity index (χ0) is 24.6. The maximum atomic E-state index is 14.2. The van der Waals surface area contributed by atoms with Crippen LogP contribution >= 0.6 is 15.9 Å². The summed E-state index contributed by atoms with van der Waals surface area (Å²) in [5.74, 6) is -0.533. The number of aromatic amines is 1. The first-order chi connectivity index (χ1) is 15.3. The first-order valence-electron chi connectivity index (χ1n) is 10.6. The zero-order valence-corrected chi connectivity index (χ0v) is 20.5. The molecular weight excluding hydrogens is 499 g/mol. The highest BCUT2D eigenvalue weighted by Gasteiger charge is 2.56. The molecule has 4 nitrogen and oxygen atoms in total. The van der Waals surface area contributed by atoms with Crippen LogP contribution in [0.25, 0.3) is 10.9 Å². The first-order valence-corrected chi connectivity index (χ1v) is 11.4. The topological polar surface area (TPSA) is 62.3 Å². The Hall–Kier alpha value is -2.32. The van der Waals surface area contributed by atoms with E-state index in [1.165, 1.54) is 19.2 Å². The van der Waals surface area contributed by atoms with E-state index in [1.54, 1.807) is 26.0 Å². The van der Waals surface area contributed by atoms with E-state index in [-0.39, 0.29) is 5.69 Å². The molecule has 0 radical (unpaired) electrons. The molecule has 0 spiro atoms. The molecule has 2 aromatic carbocycles. The summed E-state index contributed by atoms with van der Waals surface area (Å²) in [4.78, 5) is 14.7. The number of carbonyl (C=O) groups excluding carboxylic acids is 1. The number of methoxy groups -OCH3 is 1. The smallest absolute Gasteiger partial charge is 0.417 e.